The lowest BCUT2D eigenvalue weighted by atomic mass is 10.2. The first-order chi connectivity index (χ1) is 9.38. The number of Topliss-reactive ketones (excluding diaryl/α,β-unsaturated/α-hetero) is 1. The number of hydrogen-bond donors (Lipinski definition) is 2. The Morgan fingerprint density at radius 1 is 1.40 bits per heavy atom. The van der Waals surface area contributed by atoms with Crippen molar-refractivity contribution in [1.29, 1.82) is 0 Å². The Balaban J connectivity index is 2.14. The van der Waals surface area contributed by atoms with Gasteiger partial charge in [0, 0.05) is 18.3 Å². The maximum Gasteiger partial charge on any atom is 0.334 e. The van der Waals surface area contributed by atoms with E-state index >= 15 is 0 Å². The smallest absolute Gasteiger partial charge is 0.334 e. The minimum absolute atomic E-state index is 0.00701. The lowest BCUT2D eigenvalue weighted by Crippen LogP contribution is -2.51. The number of H-pyrrole nitrogens is 1. The van der Waals surface area contributed by atoms with E-state index in [1.165, 1.54) is 24.1 Å². The van der Waals surface area contributed by atoms with Gasteiger partial charge in [-0.1, -0.05) is 0 Å². The third kappa shape index (κ3) is 2.88. The van der Waals surface area contributed by atoms with Gasteiger partial charge < -0.3 is 19.7 Å². The van der Waals surface area contributed by atoms with Gasteiger partial charge in [0.2, 0.25) is 0 Å². The zero-order valence-corrected chi connectivity index (χ0v) is 11.3. The molecular weight excluding hydrogens is 264 g/mol. The van der Waals surface area contributed by atoms with Crippen LogP contribution in [0, 0.1) is 0 Å². The molecule has 2 N–H and O–H groups in total. The highest BCUT2D eigenvalue weighted by Crippen LogP contribution is 2.15. The van der Waals surface area contributed by atoms with Gasteiger partial charge in [0.25, 0.3) is 5.91 Å². The molecule has 7 heteroatoms. The van der Waals surface area contributed by atoms with Crippen molar-refractivity contribution in [3.63, 3.8) is 0 Å². The van der Waals surface area contributed by atoms with Crippen LogP contribution in [-0.2, 0) is 9.53 Å². The number of amides is 1. The SMILES string of the molecule is CC(=O)c1c[nH]c(C(=O)N2CC(C(=O)O)O[C@H](C)C2)c1. The number of ketones is 1. The van der Waals surface area contributed by atoms with E-state index in [4.69, 9.17) is 9.84 Å². The van der Waals surface area contributed by atoms with E-state index < -0.39 is 12.1 Å². The monoisotopic (exact) mass is 280 g/mol. The van der Waals surface area contributed by atoms with Crippen LogP contribution < -0.4 is 0 Å². The molecule has 0 spiro atoms. The Hall–Kier alpha value is -2.15. The van der Waals surface area contributed by atoms with Gasteiger partial charge in [0.1, 0.15) is 5.69 Å². The first-order valence-corrected chi connectivity index (χ1v) is 6.25. The fourth-order valence-corrected chi connectivity index (χ4v) is 2.15. The predicted octanol–water partition coefficient (Wildman–Crippen LogP) is 0.531. The van der Waals surface area contributed by atoms with Gasteiger partial charge in [-0.25, -0.2) is 4.79 Å². The number of ether oxygens (including phenoxy) is 1. The van der Waals surface area contributed by atoms with Crippen molar-refractivity contribution in [3.05, 3.63) is 23.5 Å². The van der Waals surface area contributed by atoms with Crippen molar-refractivity contribution in [2.24, 2.45) is 0 Å². The fraction of sp³-hybridized carbons (Fsp3) is 0.462. The van der Waals surface area contributed by atoms with E-state index in [1.807, 2.05) is 0 Å². The second-order valence-electron chi connectivity index (χ2n) is 4.84. The van der Waals surface area contributed by atoms with Crippen LogP contribution in [0.4, 0.5) is 0 Å². The molecule has 2 heterocycles. The number of carboxylic acids is 1. The number of rotatable bonds is 3. The number of carboxylic acid groups (broad SMARTS) is 1. The largest absolute Gasteiger partial charge is 0.479 e. The number of nitrogens with zero attached hydrogens (tertiary/aromatic N) is 1. The molecule has 1 unspecified atom stereocenters. The molecule has 2 atom stereocenters. The van der Waals surface area contributed by atoms with Crippen LogP contribution in [0.1, 0.15) is 34.7 Å². The van der Waals surface area contributed by atoms with Gasteiger partial charge in [0.15, 0.2) is 11.9 Å². The lowest BCUT2D eigenvalue weighted by Gasteiger charge is -2.34. The van der Waals surface area contributed by atoms with Gasteiger partial charge in [-0.05, 0) is 19.9 Å². The van der Waals surface area contributed by atoms with E-state index in [9.17, 15) is 14.4 Å². The van der Waals surface area contributed by atoms with Crippen LogP contribution in [-0.4, -0.2) is 57.9 Å². The van der Waals surface area contributed by atoms with Crippen molar-refractivity contribution >= 4 is 17.7 Å². The van der Waals surface area contributed by atoms with Gasteiger partial charge in [0.05, 0.1) is 12.6 Å². The maximum atomic E-state index is 12.3. The minimum Gasteiger partial charge on any atom is -0.479 e. The van der Waals surface area contributed by atoms with E-state index in [2.05, 4.69) is 4.98 Å². The molecule has 1 aliphatic rings. The molecule has 1 amide bonds. The zero-order valence-electron chi connectivity index (χ0n) is 11.3. The molecule has 1 aromatic heterocycles. The summed E-state index contributed by atoms with van der Waals surface area (Å²) >= 11 is 0. The van der Waals surface area contributed by atoms with Crippen molar-refractivity contribution in [1.82, 2.24) is 9.88 Å². The zero-order chi connectivity index (χ0) is 14.9. The van der Waals surface area contributed by atoms with Crippen LogP contribution in [0.15, 0.2) is 12.3 Å². The molecule has 0 saturated carbocycles. The number of nitrogens with one attached hydrogen (secondary N) is 1. The van der Waals surface area contributed by atoms with Crippen molar-refractivity contribution in [3.8, 4) is 0 Å². The molecule has 1 aliphatic heterocycles. The van der Waals surface area contributed by atoms with E-state index in [1.54, 1.807) is 6.92 Å². The predicted molar refractivity (Wildman–Crippen MR) is 68.7 cm³/mol. The first-order valence-electron chi connectivity index (χ1n) is 6.25. The maximum absolute atomic E-state index is 12.3. The summed E-state index contributed by atoms with van der Waals surface area (Å²) in [6.45, 7) is 3.43. The molecule has 0 aliphatic carbocycles. The Morgan fingerprint density at radius 3 is 2.65 bits per heavy atom. The number of aromatic amines is 1. The van der Waals surface area contributed by atoms with Crippen LogP contribution in [0.3, 0.4) is 0 Å². The molecule has 1 saturated heterocycles. The molecule has 2 rings (SSSR count). The van der Waals surface area contributed by atoms with Crippen LogP contribution >= 0.6 is 0 Å². The fourth-order valence-electron chi connectivity index (χ4n) is 2.15. The van der Waals surface area contributed by atoms with Crippen molar-refractivity contribution in [2.75, 3.05) is 13.1 Å². The summed E-state index contributed by atoms with van der Waals surface area (Å²) < 4.78 is 5.25. The van der Waals surface area contributed by atoms with Gasteiger partial charge in [-0.3, -0.25) is 9.59 Å². The number of aliphatic carboxylic acids is 1. The molecule has 7 nitrogen and oxygen atoms in total. The van der Waals surface area contributed by atoms with Gasteiger partial charge >= 0.3 is 5.97 Å². The molecule has 0 bridgehead atoms. The molecule has 108 valence electrons. The number of hydrogen-bond acceptors (Lipinski definition) is 4. The van der Waals surface area contributed by atoms with Crippen LogP contribution in [0.2, 0.25) is 0 Å². The third-order valence-electron chi connectivity index (χ3n) is 3.14. The summed E-state index contributed by atoms with van der Waals surface area (Å²) in [6, 6.07) is 1.47. The van der Waals surface area contributed by atoms with Crippen LogP contribution in [0.25, 0.3) is 0 Å². The summed E-state index contributed by atoms with van der Waals surface area (Å²) in [5.74, 6) is -1.57. The van der Waals surface area contributed by atoms with Crippen molar-refractivity contribution < 1.29 is 24.2 Å². The number of carbonyl (C=O) groups excluding carboxylic acids is 2. The van der Waals surface area contributed by atoms with Crippen LogP contribution in [0.5, 0.6) is 0 Å². The second-order valence-corrected chi connectivity index (χ2v) is 4.84. The lowest BCUT2D eigenvalue weighted by molar-refractivity contribution is -0.160. The topological polar surface area (TPSA) is 99.7 Å². The van der Waals surface area contributed by atoms with Gasteiger partial charge in [-0.15, -0.1) is 0 Å². The first kappa shape index (κ1) is 14.3. The average molecular weight is 280 g/mol. The number of carbonyl (C=O) groups is 3. The van der Waals surface area contributed by atoms with Crippen molar-refractivity contribution in [2.45, 2.75) is 26.1 Å². The Labute approximate surface area is 115 Å². The summed E-state index contributed by atoms with van der Waals surface area (Å²) in [5.41, 5.74) is 0.692. The quantitative estimate of drug-likeness (QED) is 0.787. The normalized spacial score (nSPS) is 22.6. The Bertz CT molecular complexity index is 551. The molecular formula is C13H16N2O5. The second kappa shape index (κ2) is 5.46. The number of aromatic nitrogens is 1. The van der Waals surface area contributed by atoms with E-state index in [-0.39, 0.29) is 30.0 Å². The number of morpholine rings is 1. The minimum atomic E-state index is -1.09. The highest BCUT2D eigenvalue weighted by Gasteiger charge is 2.33. The summed E-state index contributed by atoms with van der Waals surface area (Å²) in [6.07, 6.45) is 0.0923. The Kier molecular flexibility index (Phi) is 3.89. The molecule has 0 aromatic carbocycles. The summed E-state index contributed by atoms with van der Waals surface area (Å²) in [5, 5.41) is 8.99. The molecule has 20 heavy (non-hydrogen) atoms. The highest BCUT2D eigenvalue weighted by atomic mass is 16.5. The summed E-state index contributed by atoms with van der Waals surface area (Å²) in [7, 11) is 0. The highest BCUT2D eigenvalue weighted by molar-refractivity contribution is 5.99. The standard InChI is InChI=1S/C13H16N2O5/c1-7-5-15(6-11(20-7)13(18)19)12(17)10-3-9(4-14-10)8(2)16/h3-4,7,11,14H,5-6H2,1-2H3,(H,18,19)/t7-,11?/m1/s1. The third-order valence-corrected chi connectivity index (χ3v) is 3.14. The molecule has 1 aromatic rings. The molecule has 0 radical (unpaired) electrons. The van der Waals surface area contributed by atoms with E-state index in [0.717, 1.165) is 0 Å². The average Bonchev–Trinajstić information content (AvgIpc) is 2.86. The van der Waals surface area contributed by atoms with E-state index in [0.29, 0.717) is 12.1 Å². The summed E-state index contributed by atoms with van der Waals surface area (Å²) in [4.78, 5) is 38.6. The molecule has 1 fully saturated rings. The van der Waals surface area contributed by atoms with Gasteiger partial charge in [-0.2, -0.15) is 0 Å². The Morgan fingerprint density at radius 2 is 2.10 bits per heavy atom.